The van der Waals surface area contributed by atoms with Crippen molar-refractivity contribution in [2.45, 2.75) is 12.3 Å². The van der Waals surface area contributed by atoms with E-state index in [0.29, 0.717) is 17.9 Å². The minimum Gasteiger partial charge on any atom is -0.465 e. The van der Waals surface area contributed by atoms with Crippen molar-refractivity contribution in [2.75, 3.05) is 12.9 Å². The molecule has 5 nitrogen and oxygen atoms in total. The smallest absolute Gasteiger partial charge is 0.337 e. The van der Waals surface area contributed by atoms with Crippen LogP contribution >= 0.6 is 23.5 Å². The zero-order valence-electron chi connectivity index (χ0n) is 14.2. The molecule has 1 aliphatic heterocycles. The van der Waals surface area contributed by atoms with Gasteiger partial charge in [-0.25, -0.2) is 9.79 Å². The number of methoxy groups -OCH3 is 1. The first-order chi connectivity index (χ1) is 12.7. The van der Waals surface area contributed by atoms with Crippen LogP contribution in [0.2, 0.25) is 0 Å². The van der Waals surface area contributed by atoms with Gasteiger partial charge >= 0.3 is 5.97 Å². The Bertz CT molecular complexity index is 835. The summed E-state index contributed by atoms with van der Waals surface area (Å²) in [5.41, 5.74) is 3.63. The number of fused-ring (bicyclic) bond motifs is 1. The summed E-state index contributed by atoms with van der Waals surface area (Å²) in [5.74, 6) is 0.795. The third-order valence-electron chi connectivity index (χ3n) is 3.75. The third kappa shape index (κ3) is 4.89. The Morgan fingerprint density at radius 2 is 1.96 bits per heavy atom. The lowest BCUT2D eigenvalue weighted by Gasteiger charge is -2.14. The molecule has 134 valence electrons. The Balaban J connectivity index is 1.46. The molecule has 1 heterocycles. The van der Waals surface area contributed by atoms with Crippen molar-refractivity contribution in [2.24, 2.45) is 4.99 Å². The van der Waals surface area contributed by atoms with Gasteiger partial charge in [0.25, 0.3) is 0 Å². The summed E-state index contributed by atoms with van der Waals surface area (Å²) in [6.45, 7) is 0.420. The number of carbonyl (C=O) groups is 2. The van der Waals surface area contributed by atoms with E-state index in [2.05, 4.69) is 21.1 Å². The quantitative estimate of drug-likeness (QED) is 0.793. The fourth-order valence-electron chi connectivity index (χ4n) is 2.34. The molecule has 0 unspecified atom stereocenters. The van der Waals surface area contributed by atoms with Crippen LogP contribution in [-0.4, -0.2) is 29.1 Å². The van der Waals surface area contributed by atoms with Crippen LogP contribution in [-0.2, 0) is 21.8 Å². The van der Waals surface area contributed by atoms with Gasteiger partial charge in [0.05, 0.1) is 24.1 Å². The summed E-state index contributed by atoms with van der Waals surface area (Å²) in [6, 6.07) is 15.0. The van der Waals surface area contributed by atoms with E-state index in [1.807, 2.05) is 18.2 Å². The van der Waals surface area contributed by atoms with E-state index < -0.39 is 0 Å². The average molecular weight is 386 g/mol. The highest BCUT2D eigenvalue weighted by Gasteiger charge is 2.14. The highest BCUT2D eigenvalue weighted by atomic mass is 32.2. The van der Waals surface area contributed by atoms with Gasteiger partial charge in [-0.1, -0.05) is 53.9 Å². The number of rotatable bonds is 5. The highest BCUT2D eigenvalue weighted by molar-refractivity contribution is 8.38. The molecule has 2 aromatic rings. The molecule has 26 heavy (non-hydrogen) atoms. The first-order valence-electron chi connectivity index (χ1n) is 8.02. The van der Waals surface area contributed by atoms with Gasteiger partial charge in [-0.05, 0) is 29.3 Å². The lowest BCUT2D eigenvalue weighted by atomic mass is 10.1. The third-order valence-corrected chi connectivity index (χ3v) is 5.99. The topological polar surface area (TPSA) is 67.8 Å². The van der Waals surface area contributed by atoms with Gasteiger partial charge in [-0.15, -0.1) is 0 Å². The van der Waals surface area contributed by atoms with Crippen LogP contribution < -0.4 is 5.32 Å². The second kappa shape index (κ2) is 8.91. The molecule has 2 aromatic carbocycles. The Hall–Kier alpha value is -2.25. The van der Waals surface area contributed by atoms with Crippen LogP contribution in [0, 0.1) is 0 Å². The van der Waals surface area contributed by atoms with Crippen molar-refractivity contribution in [3.63, 3.8) is 0 Å². The van der Waals surface area contributed by atoms with Gasteiger partial charge in [-0.3, -0.25) is 4.79 Å². The number of benzene rings is 2. The maximum absolute atomic E-state index is 12.1. The van der Waals surface area contributed by atoms with Crippen molar-refractivity contribution in [3.05, 3.63) is 65.2 Å². The summed E-state index contributed by atoms with van der Waals surface area (Å²) < 4.78 is 5.58. The SMILES string of the molecule is COC(=O)c1ccc(CNC(=O)CSC2=Nc3ccccc3CS2)cc1. The Kier molecular flexibility index (Phi) is 6.35. The van der Waals surface area contributed by atoms with Gasteiger partial charge in [0.15, 0.2) is 0 Å². The first kappa shape index (κ1) is 18.5. The molecule has 1 N–H and O–H groups in total. The lowest BCUT2D eigenvalue weighted by Crippen LogP contribution is -2.25. The number of thioether (sulfide) groups is 2. The molecule has 0 fully saturated rings. The number of nitrogens with one attached hydrogen (secondary N) is 1. The average Bonchev–Trinajstić information content (AvgIpc) is 2.70. The maximum Gasteiger partial charge on any atom is 0.337 e. The number of nitrogens with zero attached hydrogens (tertiary/aromatic N) is 1. The number of para-hydroxylation sites is 1. The van der Waals surface area contributed by atoms with Gasteiger partial charge in [-0.2, -0.15) is 0 Å². The van der Waals surface area contributed by atoms with Gasteiger partial charge in [0.2, 0.25) is 5.91 Å². The standard InChI is InChI=1S/C19H18N2O3S2/c1-24-18(23)14-8-6-13(7-9-14)10-20-17(22)12-26-19-21-16-5-3-2-4-15(16)11-25-19/h2-9H,10-12H2,1H3,(H,20,22). The van der Waals surface area contributed by atoms with E-state index in [4.69, 9.17) is 0 Å². The minimum atomic E-state index is -0.371. The molecule has 0 aromatic heterocycles. The van der Waals surface area contributed by atoms with E-state index in [1.165, 1.54) is 24.4 Å². The molecule has 0 bridgehead atoms. The predicted molar refractivity (Wildman–Crippen MR) is 107 cm³/mol. The predicted octanol–water partition coefficient (Wildman–Crippen LogP) is 3.76. The second-order valence-electron chi connectivity index (χ2n) is 5.55. The summed E-state index contributed by atoms with van der Waals surface area (Å²) in [6.07, 6.45) is 0. The van der Waals surface area contributed by atoms with Crippen molar-refractivity contribution >= 4 is 45.5 Å². The van der Waals surface area contributed by atoms with Crippen LogP contribution in [0.15, 0.2) is 53.5 Å². The fraction of sp³-hybridized carbons (Fsp3) is 0.211. The molecular weight excluding hydrogens is 368 g/mol. The van der Waals surface area contributed by atoms with Crippen molar-refractivity contribution < 1.29 is 14.3 Å². The molecule has 0 aliphatic carbocycles. The zero-order valence-corrected chi connectivity index (χ0v) is 15.9. The number of amides is 1. The summed E-state index contributed by atoms with van der Waals surface area (Å²) in [5, 5.41) is 2.88. The van der Waals surface area contributed by atoms with Crippen molar-refractivity contribution in [1.29, 1.82) is 0 Å². The van der Waals surface area contributed by atoms with Crippen LogP contribution in [0.1, 0.15) is 21.5 Å². The number of aliphatic imine (C=N–C) groups is 1. The molecule has 0 saturated carbocycles. The van der Waals surface area contributed by atoms with Crippen LogP contribution in [0.25, 0.3) is 0 Å². The first-order valence-corrected chi connectivity index (χ1v) is 9.99. The number of carbonyl (C=O) groups excluding carboxylic acids is 2. The highest BCUT2D eigenvalue weighted by Crippen LogP contribution is 2.34. The molecule has 7 heteroatoms. The van der Waals surface area contributed by atoms with E-state index in [-0.39, 0.29) is 11.9 Å². The van der Waals surface area contributed by atoms with E-state index >= 15 is 0 Å². The number of hydrogen-bond donors (Lipinski definition) is 1. The second-order valence-corrected chi connectivity index (χ2v) is 7.74. The largest absolute Gasteiger partial charge is 0.465 e. The fourth-order valence-corrected chi connectivity index (χ4v) is 4.23. The van der Waals surface area contributed by atoms with E-state index in [0.717, 1.165) is 21.4 Å². The van der Waals surface area contributed by atoms with Crippen LogP contribution in [0.3, 0.4) is 0 Å². The number of esters is 1. The monoisotopic (exact) mass is 386 g/mol. The Morgan fingerprint density at radius 1 is 1.19 bits per heavy atom. The van der Waals surface area contributed by atoms with Gasteiger partial charge in [0, 0.05) is 12.3 Å². The Morgan fingerprint density at radius 3 is 2.73 bits per heavy atom. The van der Waals surface area contributed by atoms with Gasteiger partial charge < -0.3 is 10.1 Å². The zero-order chi connectivity index (χ0) is 18.4. The Labute approximate surface area is 160 Å². The molecule has 3 rings (SSSR count). The van der Waals surface area contributed by atoms with Crippen molar-refractivity contribution in [3.8, 4) is 0 Å². The van der Waals surface area contributed by atoms with Gasteiger partial charge in [0.1, 0.15) is 4.38 Å². The number of ether oxygens (including phenoxy) is 1. The van der Waals surface area contributed by atoms with Crippen LogP contribution in [0.4, 0.5) is 5.69 Å². The summed E-state index contributed by atoms with van der Waals surface area (Å²) in [7, 11) is 1.35. The molecule has 0 spiro atoms. The number of hydrogen-bond acceptors (Lipinski definition) is 6. The van der Waals surface area contributed by atoms with Crippen molar-refractivity contribution in [1.82, 2.24) is 5.32 Å². The molecule has 1 aliphatic rings. The molecule has 0 radical (unpaired) electrons. The van der Waals surface area contributed by atoms with E-state index in [1.54, 1.807) is 36.0 Å². The molecule has 0 atom stereocenters. The maximum atomic E-state index is 12.1. The molecule has 0 saturated heterocycles. The van der Waals surface area contributed by atoms with E-state index in [9.17, 15) is 9.59 Å². The minimum absolute atomic E-state index is 0.0470. The summed E-state index contributed by atoms with van der Waals surface area (Å²) in [4.78, 5) is 28.0. The van der Waals surface area contributed by atoms with Crippen LogP contribution in [0.5, 0.6) is 0 Å². The summed E-state index contributed by atoms with van der Waals surface area (Å²) >= 11 is 3.11. The molecule has 1 amide bonds. The molecular formula is C19H18N2O3S2. The lowest BCUT2D eigenvalue weighted by molar-refractivity contribution is -0.118. The normalized spacial score (nSPS) is 12.7.